The Balaban J connectivity index is 2.27. The molecule has 0 spiro atoms. The molecular weight excluding hydrogens is 755 g/mol. The van der Waals surface area contributed by atoms with E-state index >= 15 is 0 Å². The predicted molar refractivity (Wildman–Crippen MR) is 249 cm³/mol. The molecule has 0 aromatic heterocycles. The maximum absolute atomic E-state index is 13.0. The van der Waals surface area contributed by atoms with Crippen molar-refractivity contribution >= 4 is 5.91 Å². The van der Waals surface area contributed by atoms with Gasteiger partial charge in [-0.05, 0) is 70.6 Å². The average Bonchev–Trinajstić information content (AvgIpc) is 3.25. The third-order valence-corrected chi connectivity index (χ3v) is 11.0. The minimum absolute atomic E-state index is 0.194. The van der Waals surface area contributed by atoms with E-state index in [2.05, 4.69) is 79.9 Å². The lowest BCUT2D eigenvalue weighted by Crippen LogP contribution is -2.60. The van der Waals surface area contributed by atoms with E-state index in [1.807, 2.05) is 6.08 Å². The van der Waals surface area contributed by atoms with Gasteiger partial charge in [0.1, 0.15) is 24.4 Å². The number of nitrogens with one attached hydrogen (secondary N) is 1. The molecule has 60 heavy (non-hydrogen) atoms. The summed E-state index contributed by atoms with van der Waals surface area (Å²) in [5, 5.41) is 54.1. The van der Waals surface area contributed by atoms with Crippen molar-refractivity contribution in [3.05, 3.63) is 72.9 Å². The van der Waals surface area contributed by atoms with Gasteiger partial charge in [0.05, 0.1) is 25.4 Å². The first-order chi connectivity index (χ1) is 29.3. The molecule has 0 aromatic carbocycles. The SMILES string of the molecule is CC/C=C\C/C=C\C/C=C\C/C=C\CCCCCCCCCCCCCCC(=O)NC(COC1OC(CO)C(O)C(O)C1O)C(O)/C=C/CC/C=C/CCCCCCCC. The lowest BCUT2D eigenvalue weighted by molar-refractivity contribution is -0.302. The summed E-state index contributed by atoms with van der Waals surface area (Å²) in [5.41, 5.74) is 0. The molecule has 9 heteroatoms. The molecule has 0 saturated carbocycles. The Morgan fingerprint density at radius 1 is 0.583 bits per heavy atom. The van der Waals surface area contributed by atoms with E-state index < -0.39 is 49.5 Å². The second kappa shape index (κ2) is 40.7. The van der Waals surface area contributed by atoms with Gasteiger partial charge in [-0.15, -0.1) is 0 Å². The maximum atomic E-state index is 13.0. The summed E-state index contributed by atoms with van der Waals surface area (Å²) in [6.45, 7) is 3.61. The second-order valence-electron chi connectivity index (χ2n) is 16.5. The van der Waals surface area contributed by atoms with Crippen molar-refractivity contribution in [3.8, 4) is 0 Å². The molecule has 1 saturated heterocycles. The van der Waals surface area contributed by atoms with Gasteiger partial charge in [0.15, 0.2) is 6.29 Å². The van der Waals surface area contributed by atoms with Crippen molar-refractivity contribution in [2.24, 2.45) is 0 Å². The number of ether oxygens (including phenoxy) is 2. The summed E-state index contributed by atoms with van der Waals surface area (Å²) in [4.78, 5) is 13.0. The molecular formula is C51H89NO8. The van der Waals surface area contributed by atoms with Crippen molar-refractivity contribution in [2.75, 3.05) is 13.2 Å². The lowest BCUT2D eigenvalue weighted by atomic mass is 9.99. The summed E-state index contributed by atoms with van der Waals surface area (Å²) in [7, 11) is 0. The molecule has 1 heterocycles. The third kappa shape index (κ3) is 30.6. The number of rotatable bonds is 39. The predicted octanol–water partition coefficient (Wildman–Crippen LogP) is 10.6. The number of aliphatic hydroxyl groups is 5. The van der Waals surface area contributed by atoms with Crippen molar-refractivity contribution < 1.29 is 39.8 Å². The maximum Gasteiger partial charge on any atom is 0.220 e. The van der Waals surface area contributed by atoms with E-state index in [0.717, 1.165) is 64.2 Å². The second-order valence-corrected chi connectivity index (χ2v) is 16.5. The zero-order chi connectivity index (χ0) is 43.7. The van der Waals surface area contributed by atoms with Crippen LogP contribution in [0.25, 0.3) is 0 Å². The fourth-order valence-corrected chi connectivity index (χ4v) is 7.16. The topological polar surface area (TPSA) is 149 Å². The lowest BCUT2D eigenvalue weighted by Gasteiger charge is -2.40. The third-order valence-electron chi connectivity index (χ3n) is 11.0. The molecule has 6 N–H and O–H groups in total. The zero-order valence-electron chi connectivity index (χ0n) is 37.9. The average molecular weight is 844 g/mol. The number of carbonyl (C=O) groups excluding carboxylic acids is 1. The van der Waals surface area contributed by atoms with Crippen LogP contribution >= 0.6 is 0 Å². The molecule has 1 aliphatic rings. The van der Waals surface area contributed by atoms with Crippen LogP contribution in [0.5, 0.6) is 0 Å². The van der Waals surface area contributed by atoms with E-state index in [1.165, 1.54) is 103 Å². The summed E-state index contributed by atoms with van der Waals surface area (Å²) >= 11 is 0. The van der Waals surface area contributed by atoms with Gasteiger partial charge in [0, 0.05) is 6.42 Å². The summed E-state index contributed by atoms with van der Waals surface area (Å²) in [6.07, 6.45) is 48.1. The summed E-state index contributed by atoms with van der Waals surface area (Å²) in [5.74, 6) is -0.194. The Labute approximate surface area is 366 Å². The van der Waals surface area contributed by atoms with E-state index in [-0.39, 0.29) is 12.5 Å². The summed E-state index contributed by atoms with van der Waals surface area (Å²) in [6, 6.07) is -0.824. The van der Waals surface area contributed by atoms with E-state index in [9.17, 15) is 30.3 Å². The fourth-order valence-electron chi connectivity index (χ4n) is 7.16. The molecule has 7 unspecified atom stereocenters. The molecule has 0 radical (unpaired) electrons. The molecule has 7 atom stereocenters. The van der Waals surface area contributed by atoms with Gasteiger partial charge in [-0.25, -0.2) is 0 Å². The Bertz CT molecular complexity index is 1160. The van der Waals surface area contributed by atoms with Crippen LogP contribution in [0.4, 0.5) is 0 Å². The van der Waals surface area contributed by atoms with Crippen LogP contribution in [0.15, 0.2) is 72.9 Å². The van der Waals surface area contributed by atoms with Crippen LogP contribution in [0, 0.1) is 0 Å². The van der Waals surface area contributed by atoms with Crippen LogP contribution in [0.1, 0.15) is 187 Å². The largest absolute Gasteiger partial charge is 0.394 e. The number of hydrogen-bond donors (Lipinski definition) is 6. The van der Waals surface area contributed by atoms with Crippen molar-refractivity contribution in [1.82, 2.24) is 5.32 Å². The van der Waals surface area contributed by atoms with Gasteiger partial charge in [0.2, 0.25) is 5.91 Å². The molecule has 346 valence electrons. The Kier molecular flexibility index (Phi) is 37.7. The van der Waals surface area contributed by atoms with Gasteiger partial charge in [-0.2, -0.15) is 0 Å². The van der Waals surface area contributed by atoms with Crippen LogP contribution < -0.4 is 5.32 Å². The van der Waals surface area contributed by atoms with Gasteiger partial charge in [-0.1, -0.05) is 183 Å². The first-order valence-corrected chi connectivity index (χ1v) is 24.2. The molecule has 0 aliphatic carbocycles. The van der Waals surface area contributed by atoms with E-state index in [1.54, 1.807) is 6.08 Å². The van der Waals surface area contributed by atoms with E-state index in [4.69, 9.17) is 9.47 Å². The van der Waals surface area contributed by atoms with Crippen molar-refractivity contribution in [2.45, 2.75) is 230 Å². The highest BCUT2D eigenvalue weighted by Crippen LogP contribution is 2.22. The van der Waals surface area contributed by atoms with Crippen LogP contribution in [-0.4, -0.2) is 87.5 Å². The standard InChI is InChI=1S/C51H89NO8/c1-3-5-7-9-11-13-15-17-18-19-20-21-22-23-24-25-26-27-28-29-31-33-35-37-39-41-47(55)52-44(43-59-51-50(58)49(57)48(56)46(42-53)60-51)45(54)40-38-36-34-32-30-16-14-12-10-8-6-4-2/h5,7,11,13,17-18,20-21,30,32,38,40,44-46,48-51,53-54,56-58H,3-4,6,8-10,12,14-16,19,22-29,31,33-37,39,41-43H2,1-2H3,(H,52,55)/b7-5-,13-11-,18-17-,21-20-,32-30+,40-38+. The Morgan fingerprint density at radius 3 is 1.60 bits per heavy atom. The molecule has 1 fully saturated rings. The van der Waals surface area contributed by atoms with E-state index in [0.29, 0.717) is 6.42 Å². The minimum Gasteiger partial charge on any atom is -0.394 e. The highest BCUT2D eigenvalue weighted by molar-refractivity contribution is 5.76. The van der Waals surface area contributed by atoms with Gasteiger partial charge < -0.3 is 40.3 Å². The van der Waals surface area contributed by atoms with Crippen molar-refractivity contribution in [3.63, 3.8) is 0 Å². The van der Waals surface area contributed by atoms with Crippen molar-refractivity contribution in [1.29, 1.82) is 0 Å². The molecule has 1 amide bonds. The smallest absolute Gasteiger partial charge is 0.220 e. The molecule has 1 aliphatic heterocycles. The minimum atomic E-state index is -1.57. The number of aliphatic hydroxyl groups excluding tert-OH is 5. The monoisotopic (exact) mass is 844 g/mol. The van der Waals surface area contributed by atoms with Gasteiger partial charge >= 0.3 is 0 Å². The molecule has 9 nitrogen and oxygen atoms in total. The Morgan fingerprint density at radius 2 is 1.05 bits per heavy atom. The first kappa shape index (κ1) is 55.6. The number of carbonyl (C=O) groups is 1. The molecule has 1 rings (SSSR count). The number of unbranched alkanes of at least 4 members (excludes halogenated alkanes) is 19. The molecule has 0 aromatic rings. The highest BCUT2D eigenvalue weighted by atomic mass is 16.7. The Hall–Kier alpha value is -2.37. The number of hydrogen-bond acceptors (Lipinski definition) is 8. The van der Waals surface area contributed by atoms with Crippen LogP contribution in [0.3, 0.4) is 0 Å². The summed E-state index contributed by atoms with van der Waals surface area (Å²) < 4.78 is 11.2. The number of allylic oxidation sites excluding steroid dienone is 11. The highest BCUT2D eigenvalue weighted by Gasteiger charge is 2.44. The van der Waals surface area contributed by atoms with Crippen LogP contribution in [0.2, 0.25) is 0 Å². The number of amides is 1. The quantitative estimate of drug-likeness (QED) is 0.0265. The van der Waals surface area contributed by atoms with Crippen LogP contribution in [-0.2, 0) is 14.3 Å². The fraction of sp³-hybridized carbons (Fsp3) is 0.745. The molecule has 0 bridgehead atoms. The first-order valence-electron chi connectivity index (χ1n) is 24.2. The van der Waals surface area contributed by atoms with Gasteiger partial charge in [0.25, 0.3) is 0 Å². The van der Waals surface area contributed by atoms with Gasteiger partial charge in [-0.3, -0.25) is 4.79 Å². The normalized spacial score (nSPS) is 21.2. The zero-order valence-corrected chi connectivity index (χ0v) is 37.9.